The number of fused-ring (bicyclic) bond motifs is 1. The minimum absolute atomic E-state index is 0.0777. The molecule has 1 aromatic rings. The molecule has 0 saturated heterocycles. The van der Waals surface area contributed by atoms with Gasteiger partial charge in [-0.15, -0.1) is 11.3 Å². The van der Waals surface area contributed by atoms with E-state index in [4.69, 9.17) is 0 Å². The maximum absolute atomic E-state index is 12.0. The molecule has 1 amide bonds. The highest BCUT2D eigenvalue weighted by atomic mass is 32.1. The Kier molecular flexibility index (Phi) is 2.80. The number of aliphatic hydroxyl groups is 1. The lowest BCUT2D eigenvalue weighted by Gasteiger charge is -2.37. The minimum atomic E-state index is -1.28. The molecule has 0 radical (unpaired) electrons. The summed E-state index contributed by atoms with van der Waals surface area (Å²) >= 11 is 1.75. The Morgan fingerprint density at radius 1 is 1.62 bits per heavy atom. The highest BCUT2D eigenvalue weighted by molar-refractivity contribution is 7.10. The quantitative estimate of drug-likeness (QED) is 0.814. The molecule has 4 heteroatoms. The SMILES string of the molecule is CC1c2ccsc2CCN1C(=O)C(C)(C)O. The van der Waals surface area contributed by atoms with Crippen molar-refractivity contribution >= 4 is 17.2 Å². The average molecular weight is 239 g/mol. The third-order valence-corrected chi connectivity index (χ3v) is 4.06. The van der Waals surface area contributed by atoms with Crippen LogP contribution in [0.5, 0.6) is 0 Å². The fourth-order valence-corrected chi connectivity index (χ4v) is 3.10. The fourth-order valence-electron chi connectivity index (χ4n) is 2.14. The molecule has 1 unspecified atom stereocenters. The Morgan fingerprint density at radius 3 is 2.94 bits per heavy atom. The molecular formula is C12H17NO2S. The van der Waals surface area contributed by atoms with Crippen molar-refractivity contribution in [2.75, 3.05) is 6.54 Å². The number of hydrogen-bond donors (Lipinski definition) is 1. The topological polar surface area (TPSA) is 40.5 Å². The molecule has 16 heavy (non-hydrogen) atoms. The van der Waals surface area contributed by atoms with Crippen molar-refractivity contribution in [3.63, 3.8) is 0 Å². The number of carbonyl (C=O) groups is 1. The van der Waals surface area contributed by atoms with Gasteiger partial charge in [0.25, 0.3) is 5.91 Å². The van der Waals surface area contributed by atoms with Gasteiger partial charge in [0, 0.05) is 11.4 Å². The van der Waals surface area contributed by atoms with Crippen LogP contribution in [0.4, 0.5) is 0 Å². The van der Waals surface area contributed by atoms with E-state index in [1.807, 2.05) is 6.92 Å². The van der Waals surface area contributed by atoms with Crippen LogP contribution in [0.3, 0.4) is 0 Å². The molecule has 88 valence electrons. The van der Waals surface area contributed by atoms with Crippen molar-refractivity contribution in [2.24, 2.45) is 0 Å². The molecule has 1 aromatic heterocycles. The fraction of sp³-hybridized carbons (Fsp3) is 0.583. The molecular weight excluding hydrogens is 222 g/mol. The Hall–Kier alpha value is -0.870. The normalized spacial score (nSPS) is 20.8. The van der Waals surface area contributed by atoms with E-state index in [1.165, 1.54) is 10.4 Å². The van der Waals surface area contributed by atoms with Gasteiger partial charge in [-0.1, -0.05) is 0 Å². The zero-order valence-electron chi connectivity index (χ0n) is 9.86. The first-order chi connectivity index (χ1) is 7.41. The number of thiophene rings is 1. The lowest BCUT2D eigenvalue weighted by atomic mass is 9.98. The number of carbonyl (C=O) groups excluding carboxylic acids is 1. The summed E-state index contributed by atoms with van der Waals surface area (Å²) in [5.41, 5.74) is -0.0456. The molecule has 1 aliphatic heterocycles. The Morgan fingerprint density at radius 2 is 2.31 bits per heavy atom. The first-order valence-electron chi connectivity index (χ1n) is 5.51. The predicted octanol–water partition coefficient (Wildman–Crippen LogP) is 1.96. The van der Waals surface area contributed by atoms with Gasteiger partial charge in [-0.05, 0) is 44.2 Å². The van der Waals surface area contributed by atoms with Gasteiger partial charge in [-0.2, -0.15) is 0 Å². The first-order valence-corrected chi connectivity index (χ1v) is 6.39. The van der Waals surface area contributed by atoms with Crippen molar-refractivity contribution in [1.82, 2.24) is 4.90 Å². The maximum atomic E-state index is 12.0. The number of hydrogen-bond acceptors (Lipinski definition) is 3. The van der Waals surface area contributed by atoms with Crippen molar-refractivity contribution in [1.29, 1.82) is 0 Å². The summed E-state index contributed by atoms with van der Waals surface area (Å²) in [5.74, 6) is -0.183. The summed E-state index contributed by atoms with van der Waals surface area (Å²) in [4.78, 5) is 15.2. The van der Waals surface area contributed by atoms with Crippen LogP contribution < -0.4 is 0 Å². The minimum Gasteiger partial charge on any atom is -0.381 e. The molecule has 0 fully saturated rings. The molecule has 1 aliphatic rings. The van der Waals surface area contributed by atoms with Crippen molar-refractivity contribution in [3.05, 3.63) is 21.9 Å². The summed E-state index contributed by atoms with van der Waals surface area (Å²) in [6.45, 7) is 5.82. The Labute approximate surface area is 99.7 Å². The Balaban J connectivity index is 2.25. The second kappa shape index (κ2) is 3.86. The largest absolute Gasteiger partial charge is 0.381 e. The van der Waals surface area contributed by atoms with E-state index in [-0.39, 0.29) is 11.9 Å². The van der Waals surface area contributed by atoms with Crippen LogP contribution in [0.25, 0.3) is 0 Å². The van der Waals surface area contributed by atoms with E-state index in [1.54, 1.807) is 30.1 Å². The van der Waals surface area contributed by atoms with E-state index in [0.29, 0.717) is 6.54 Å². The Bertz CT molecular complexity index is 405. The van der Waals surface area contributed by atoms with Crippen LogP contribution >= 0.6 is 11.3 Å². The summed E-state index contributed by atoms with van der Waals surface area (Å²) in [7, 11) is 0. The second-order valence-corrected chi connectivity index (χ2v) is 5.78. The van der Waals surface area contributed by atoms with Gasteiger partial charge in [-0.3, -0.25) is 4.79 Å². The van der Waals surface area contributed by atoms with Gasteiger partial charge in [-0.25, -0.2) is 0 Å². The van der Waals surface area contributed by atoms with Gasteiger partial charge < -0.3 is 10.0 Å². The maximum Gasteiger partial charge on any atom is 0.254 e. The third kappa shape index (κ3) is 1.87. The van der Waals surface area contributed by atoms with E-state index in [9.17, 15) is 9.90 Å². The van der Waals surface area contributed by atoms with Crippen molar-refractivity contribution in [3.8, 4) is 0 Å². The summed E-state index contributed by atoms with van der Waals surface area (Å²) < 4.78 is 0. The van der Waals surface area contributed by atoms with Gasteiger partial charge in [0.2, 0.25) is 0 Å². The van der Waals surface area contributed by atoms with Gasteiger partial charge >= 0.3 is 0 Å². The molecule has 2 heterocycles. The summed E-state index contributed by atoms with van der Waals surface area (Å²) in [6, 6.07) is 2.16. The zero-order valence-corrected chi connectivity index (χ0v) is 10.7. The number of rotatable bonds is 1. The van der Waals surface area contributed by atoms with Gasteiger partial charge in [0.1, 0.15) is 5.60 Å². The van der Waals surface area contributed by atoms with E-state index < -0.39 is 5.60 Å². The van der Waals surface area contributed by atoms with Crippen LogP contribution in [-0.2, 0) is 11.2 Å². The van der Waals surface area contributed by atoms with Crippen molar-refractivity contribution in [2.45, 2.75) is 38.8 Å². The zero-order chi connectivity index (χ0) is 11.9. The van der Waals surface area contributed by atoms with Crippen LogP contribution in [0.2, 0.25) is 0 Å². The van der Waals surface area contributed by atoms with Crippen LogP contribution in [0.15, 0.2) is 11.4 Å². The molecule has 3 nitrogen and oxygen atoms in total. The third-order valence-electron chi connectivity index (χ3n) is 3.06. The van der Waals surface area contributed by atoms with E-state index in [0.717, 1.165) is 6.42 Å². The molecule has 0 aliphatic carbocycles. The highest BCUT2D eigenvalue weighted by Crippen LogP contribution is 2.33. The monoisotopic (exact) mass is 239 g/mol. The molecule has 2 rings (SSSR count). The number of amides is 1. The average Bonchev–Trinajstić information content (AvgIpc) is 2.64. The summed E-state index contributed by atoms with van der Waals surface area (Å²) in [6.07, 6.45) is 0.902. The van der Waals surface area contributed by atoms with E-state index in [2.05, 4.69) is 11.4 Å². The van der Waals surface area contributed by atoms with Gasteiger partial charge in [0.15, 0.2) is 0 Å². The molecule has 0 aromatic carbocycles. The van der Waals surface area contributed by atoms with Crippen LogP contribution in [0.1, 0.15) is 37.3 Å². The van der Waals surface area contributed by atoms with Crippen LogP contribution in [0, 0.1) is 0 Å². The second-order valence-electron chi connectivity index (χ2n) is 4.78. The number of nitrogens with zero attached hydrogens (tertiary/aromatic N) is 1. The predicted molar refractivity (Wildman–Crippen MR) is 64.4 cm³/mol. The smallest absolute Gasteiger partial charge is 0.254 e. The van der Waals surface area contributed by atoms with Crippen LogP contribution in [-0.4, -0.2) is 28.1 Å². The molecule has 0 bridgehead atoms. The molecule has 0 saturated carbocycles. The summed E-state index contributed by atoms with van der Waals surface area (Å²) in [5, 5.41) is 11.8. The highest BCUT2D eigenvalue weighted by Gasteiger charge is 2.35. The lowest BCUT2D eigenvalue weighted by molar-refractivity contribution is -0.150. The molecule has 0 spiro atoms. The van der Waals surface area contributed by atoms with Crippen molar-refractivity contribution < 1.29 is 9.90 Å². The molecule has 1 N–H and O–H groups in total. The standard InChI is InChI=1S/C12H17NO2S/c1-8-9-5-7-16-10(9)4-6-13(8)11(14)12(2,3)15/h5,7-8,15H,4,6H2,1-3H3. The van der Waals surface area contributed by atoms with Gasteiger partial charge in [0.05, 0.1) is 6.04 Å². The molecule has 1 atom stereocenters. The van der Waals surface area contributed by atoms with E-state index >= 15 is 0 Å². The lowest BCUT2D eigenvalue weighted by Crippen LogP contribution is -2.48. The first kappa shape index (κ1) is 11.6.